The fourth-order valence-corrected chi connectivity index (χ4v) is 3.08. The molecule has 1 fully saturated rings. The summed E-state index contributed by atoms with van der Waals surface area (Å²) in [6.07, 6.45) is 0.860. The van der Waals surface area contributed by atoms with Gasteiger partial charge in [-0.25, -0.2) is 4.79 Å². The molecular weight excluding hydrogens is 335 g/mol. The molecule has 1 aliphatic carbocycles. The van der Waals surface area contributed by atoms with Gasteiger partial charge in [0.25, 0.3) is 5.91 Å². The van der Waals surface area contributed by atoms with Gasteiger partial charge in [0.2, 0.25) is 0 Å². The molecule has 0 radical (unpaired) electrons. The second kappa shape index (κ2) is 6.60. The van der Waals surface area contributed by atoms with Crippen molar-refractivity contribution in [2.75, 3.05) is 0 Å². The maximum Gasteiger partial charge on any atom is 0.321 e. The van der Waals surface area contributed by atoms with Crippen molar-refractivity contribution in [3.05, 3.63) is 69.7 Å². The summed E-state index contributed by atoms with van der Waals surface area (Å²) >= 11 is 11.9. The van der Waals surface area contributed by atoms with Crippen LogP contribution in [0, 0.1) is 0 Å². The van der Waals surface area contributed by atoms with E-state index in [1.165, 1.54) is 5.56 Å². The third kappa shape index (κ3) is 3.66. The van der Waals surface area contributed by atoms with Crippen molar-refractivity contribution < 1.29 is 9.59 Å². The number of imide groups is 1. The predicted octanol–water partition coefficient (Wildman–Crippen LogP) is 3.99. The molecule has 118 valence electrons. The van der Waals surface area contributed by atoms with Crippen LogP contribution in [0.25, 0.3) is 0 Å². The molecule has 6 heteroatoms. The number of hydrogen-bond acceptors (Lipinski definition) is 2. The molecule has 2 unspecified atom stereocenters. The molecule has 2 atom stereocenters. The van der Waals surface area contributed by atoms with Crippen LogP contribution in [-0.2, 0) is 0 Å². The van der Waals surface area contributed by atoms with Crippen LogP contribution in [0.1, 0.15) is 28.3 Å². The van der Waals surface area contributed by atoms with Gasteiger partial charge < -0.3 is 5.32 Å². The predicted molar refractivity (Wildman–Crippen MR) is 90.0 cm³/mol. The highest BCUT2D eigenvalue weighted by Gasteiger charge is 2.39. The number of amides is 3. The van der Waals surface area contributed by atoms with Crippen LogP contribution in [0.15, 0.2) is 48.5 Å². The van der Waals surface area contributed by atoms with Crippen LogP contribution in [0.3, 0.4) is 0 Å². The molecule has 3 amide bonds. The molecule has 3 rings (SSSR count). The first-order valence-electron chi connectivity index (χ1n) is 7.17. The van der Waals surface area contributed by atoms with E-state index in [0.29, 0.717) is 5.92 Å². The first-order chi connectivity index (χ1) is 11.1. The Kier molecular flexibility index (Phi) is 4.55. The van der Waals surface area contributed by atoms with E-state index in [-0.39, 0.29) is 21.7 Å². The molecule has 0 aliphatic heterocycles. The first kappa shape index (κ1) is 15.8. The van der Waals surface area contributed by atoms with E-state index >= 15 is 0 Å². The van der Waals surface area contributed by atoms with Gasteiger partial charge in [-0.3, -0.25) is 10.1 Å². The maximum absolute atomic E-state index is 12.1. The number of rotatable bonds is 3. The lowest BCUT2D eigenvalue weighted by molar-refractivity contribution is 0.0964. The van der Waals surface area contributed by atoms with Gasteiger partial charge in [0, 0.05) is 12.0 Å². The van der Waals surface area contributed by atoms with E-state index in [0.717, 1.165) is 6.42 Å². The monoisotopic (exact) mass is 348 g/mol. The van der Waals surface area contributed by atoms with Gasteiger partial charge in [-0.15, -0.1) is 0 Å². The average Bonchev–Trinajstić information content (AvgIpc) is 3.27. The van der Waals surface area contributed by atoms with E-state index in [9.17, 15) is 9.59 Å². The standard InChI is InChI=1S/C17H14Cl2N2O2/c18-12-7-4-8-13(19)15(12)16(22)21-17(23)20-14-9-11(14)10-5-2-1-3-6-10/h1-8,11,14H,9H2,(H2,20,21,22,23). The first-order valence-corrected chi connectivity index (χ1v) is 7.92. The smallest absolute Gasteiger partial charge is 0.321 e. The van der Waals surface area contributed by atoms with Crippen molar-refractivity contribution in [1.82, 2.24) is 10.6 Å². The Balaban J connectivity index is 1.58. The lowest BCUT2D eigenvalue weighted by Crippen LogP contribution is -2.41. The molecular formula is C17H14Cl2N2O2. The molecule has 0 aromatic heterocycles. The van der Waals surface area contributed by atoms with Crippen molar-refractivity contribution in [3.8, 4) is 0 Å². The fraction of sp³-hybridized carbons (Fsp3) is 0.176. The minimum Gasteiger partial charge on any atom is -0.334 e. The quantitative estimate of drug-likeness (QED) is 0.880. The zero-order chi connectivity index (χ0) is 16.4. The fourth-order valence-electron chi connectivity index (χ4n) is 2.51. The summed E-state index contributed by atoms with van der Waals surface area (Å²) in [7, 11) is 0. The highest BCUT2D eigenvalue weighted by atomic mass is 35.5. The van der Waals surface area contributed by atoms with E-state index in [4.69, 9.17) is 23.2 Å². The number of halogens is 2. The normalized spacial score (nSPS) is 19.0. The maximum atomic E-state index is 12.1. The lowest BCUT2D eigenvalue weighted by Gasteiger charge is -2.09. The van der Waals surface area contributed by atoms with Gasteiger partial charge in [0.05, 0.1) is 15.6 Å². The molecule has 4 nitrogen and oxygen atoms in total. The number of nitrogens with one attached hydrogen (secondary N) is 2. The van der Waals surface area contributed by atoms with Gasteiger partial charge in [0.1, 0.15) is 0 Å². The third-order valence-corrected chi connectivity index (χ3v) is 4.38. The third-order valence-electron chi connectivity index (χ3n) is 3.75. The molecule has 0 bridgehead atoms. The van der Waals surface area contributed by atoms with E-state index in [2.05, 4.69) is 10.6 Å². The Morgan fingerprint density at radius 1 is 0.957 bits per heavy atom. The zero-order valence-corrected chi connectivity index (χ0v) is 13.6. The number of carbonyl (C=O) groups is 2. The Bertz CT molecular complexity index is 729. The lowest BCUT2D eigenvalue weighted by atomic mass is 10.1. The van der Waals surface area contributed by atoms with Crippen molar-refractivity contribution in [1.29, 1.82) is 0 Å². The molecule has 2 aromatic rings. The minimum atomic E-state index is -0.616. The molecule has 2 aromatic carbocycles. The Morgan fingerprint density at radius 3 is 2.26 bits per heavy atom. The summed E-state index contributed by atoms with van der Waals surface area (Å²) in [6.45, 7) is 0. The molecule has 1 saturated carbocycles. The second-order valence-electron chi connectivity index (χ2n) is 5.38. The number of hydrogen-bond donors (Lipinski definition) is 2. The molecule has 23 heavy (non-hydrogen) atoms. The Labute approximate surface area is 143 Å². The second-order valence-corrected chi connectivity index (χ2v) is 6.20. The van der Waals surface area contributed by atoms with Crippen molar-refractivity contribution in [3.63, 3.8) is 0 Å². The summed E-state index contributed by atoms with van der Waals surface area (Å²) in [4.78, 5) is 24.1. The summed E-state index contributed by atoms with van der Waals surface area (Å²) in [5.74, 6) is -0.323. The summed E-state index contributed by atoms with van der Waals surface area (Å²) in [5, 5.41) is 5.46. The molecule has 0 heterocycles. The Hall–Kier alpha value is -2.04. The van der Waals surface area contributed by atoms with Crippen molar-refractivity contribution >= 4 is 35.1 Å². The number of benzene rings is 2. The summed E-state index contributed by atoms with van der Waals surface area (Å²) < 4.78 is 0. The molecule has 2 N–H and O–H groups in total. The molecule has 1 aliphatic rings. The van der Waals surface area contributed by atoms with Crippen LogP contribution in [0.2, 0.25) is 10.0 Å². The van der Waals surface area contributed by atoms with Crippen LogP contribution in [0.5, 0.6) is 0 Å². The van der Waals surface area contributed by atoms with E-state index < -0.39 is 11.9 Å². The van der Waals surface area contributed by atoms with E-state index in [1.807, 2.05) is 30.3 Å². The molecule has 0 saturated heterocycles. The SMILES string of the molecule is O=C(NC(=O)c1c(Cl)cccc1Cl)NC1CC1c1ccccc1. The van der Waals surface area contributed by atoms with Gasteiger partial charge in [-0.2, -0.15) is 0 Å². The summed E-state index contributed by atoms with van der Waals surface area (Å²) in [6, 6.07) is 14.2. The van der Waals surface area contributed by atoms with Gasteiger partial charge in [0.15, 0.2) is 0 Å². The average molecular weight is 349 g/mol. The highest BCUT2D eigenvalue weighted by molar-refractivity contribution is 6.40. The Morgan fingerprint density at radius 2 is 1.61 bits per heavy atom. The van der Waals surface area contributed by atoms with Gasteiger partial charge >= 0.3 is 6.03 Å². The molecule has 0 spiro atoms. The van der Waals surface area contributed by atoms with Crippen LogP contribution in [0.4, 0.5) is 4.79 Å². The summed E-state index contributed by atoms with van der Waals surface area (Å²) in [5.41, 5.74) is 1.28. The van der Waals surface area contributed by atoms with Gasteiger partial charge in [-0.05, 0) is 24.1 Å². The number of carbonyl (C=O) groups excluding carboxylic acids is 2. The van der Waals surface area contributed by atoms with Crippen molar-refractivity contribution in [2.24, 2.45) is 0 Å². The van der Waals surface area contributed by atoms with Crippen LogP contribution in [-0.4, -0.2) is 18.0 Å². The van der Waals surface area contributed by atoms with E-state index in [1.54, 1.807) is 18.2 Å². The van der Waals surface area contributed by atoms with Crippen molar-refractivity contribution in [2.45, 2.75) is 18.4 Å². The van der Waals surface area contributed by atoms with Crippen LogP contribution < -0.4 is 10.6 Å². The zero-order valence-electron chi connectivity index (χ0n) is 12.1. The number of urea groups is 1. The van der Waals surface area contributed by atoms with Crippen LogP contribution >= 0.6 is 23.2 Å². The van der Waals surface area contributed by atoms with Gasteiger partial charge in [-0.1, -0.05) is 59.6 Å². The minimum absolute atomic E-state index is 0.0342. The largest absolute Gasteiger partial charge is 0.334 e. The highest BCUT2D eigenvalue weighted by Crippen LogP contribution is 2.40. The topological polar surface area (TPSA) is 58.2 Å².